The van der Waals surface area contributed by atoms with Crippen molar-refractivity contribution in [3.05, 3.63) is 0 Å². The second-order valence-electron chi connectivity index (χ2n) is 2.64. The maximum Gasteiger partial charge on any atom is 0.317 e. The summed E-state index contributed by atoms with van der Waals surface area (Å²) in [6.07, 6.45) is 2.01. The van der Waals surface area contributed by atoms with Gasteiger partial charge in [-0.1, -0.05) is 13.8 Å². The predicted molar refractivity (Wildman–Crippen MR) is 52.4 cm³/mol. The number of carboxylic acids is 1. The van der Waals surface area contributed by atoms with Gasteiger partial charge >= 0.3 is 5.97 Å². The number of carbonyl (C=O) groups is 1. The minimum absolute atomic E-state index is 0.219. The molecular formula is C8H17NO2S. The topological polar surface area (TPSA) is 63.3 Å². The summed E-state index contributed by atoms with van der Waals surface area (Å²) in [6, 6.07) is 0. The van der Waals surface area contributed by atoms with Gasteiger partial charge in [0.05, 0.1) is 0 Å². The van der Waals surface area contributed by atoms with Crippen molar-refractivity contribution in [1.29, 1.82) is 0 Å². The fourth-order valence-corrected chi connectivity index (χ4v) is 2.01. The first-order valence-corrected chi connectivity index (χ1v) is 5.18. The first kappa shape index (κ1) is 11.8. The minimum atomic E-state index is -0.797. The van der Waals surface area contributed by atoms with E-state index >= 15 is 0 Å². The molecule has 0 radical (unpaired) electrons. The molecule has 0 aliphatic rings. The Morgan fingerprint density at radius 2 is 2.00 bits per heavy atom. The number of carboxylic acid groups (broad SMARTS) is 1. The summed E-state index contributed by atoms with van der Waals surface area (Å²) in [6.45, 7) is 4.35. The van der Waals surface area contributed by atoms with Gasteiger partial charge in [-0.15, -0.1) is 11.8 Å². The molecule has 0 saturated carbocycles. The fraction of sp³-hybridized carbons (Fsp3) is 0.875. The van der Waals surface area contributed by atoms with Crippen LogP contribution in [0.4, 0.5) is 0 Å². The van der Waals surface area contributed by atoms with E-state index in [2.05, 4.69) is 13.8 Å². The van der Waals surface area contributed by atoms with Gasteiger partial charge in [0.25, 0.3) is 0 Å². The van der Waals surface area contributed by atoms with Crippen molar-refractivity contribution in [2.75, 3.05) is 6.54 Å². The summed E-state index contributed by atoms with van der Waals surface area (Å²) >= 11 is 1.47. The molecule has 0 aliphatic carbocycles. The van der Waals surface area contributed by atoms with Crippen LogP contribution in [0, 0.1) is 0 Å². The first-order valence-electron chi connectivity index (χ1n) is 4.24. The van der Waals surface area contributed by atoms with Crippen molar-refractivity contribution in [2.45, 2.75) is 37.2 Å². The Kier molecular flexibility index (Phi) is 6.20. The van der Waals surface area contributed by atoms with Crippen LogP contribution in [0.2, 0.25) is 0 Å². The molecule has 0 aliphatic heterocycles. The molecule has 3 nitrogen and oxygen atoms in total. The van der Waals surface area contributed by atoms with Gasteiger partial charge in [0.1, 0.15) is 5.25 Å². The molecule has 0 aromatic heterocycles. The van der Waals surface area contributed by atoms with Crippen LogP contribution >= 0.6 is 11.8 Å². The van der Waals surface area contributed by atoms with Gasteiger partial charge in [-0.2, -0.15) is 0 Å². The van der Waals surface area contributed by atoms with Gasteiger partial charge < -0.3 is 10.8 Å². The first-order chi connectivity index (χ1) is 5.65. The second-order valence-corrected chi connectivity index (χ2v) is 4.15. The van der Waals surface area contributed by atoms with Crippen molar-refractivity contribution in [3.63, 3.8) is 0 Å². The molecule has 12 heavy (non-hydrogen) atoms. The third-order valence-electron chi connectivity index (χ3n) is 1.76. The molecule has 0 saturated heterocycles. The maximum atomic E-state index is 10.6. The van der Waals surface area contributed by atoms with Crippen molar-refractivity contribution < 1.29 is 9.90 Å². The Balaban J connectivity index is 3.91. The van der Waals surface area contributed by atoms with E-state index in [-0.39, 0.29) is 6.54 Å². The normalized spacial score (nSPS) is 13.3. The maximum absolute atomic E-state index is 10.6. The van der Waals surface area contributed by atoms with Gasteiger partial charge in [-0.25, -0.2) is 0 Å². The number of hydrogen-bond donors (Lipinski definition) is 2. The van der Waals surface area contributed by atoms with Crippen LogP contribution < -0.4 is 5.73 Å². The smallest absolute Gasteiger partial charge is 0.317 e. The van der Waals surface area contributed by atoms with Gasteiger partial charge in [0.15, 0.2) is 0 Å². The third-order valence-corrected chi connectivity index (χ3v) is 3.53. The Morgan fingerprint density at radius 1 is 1.50 bits per heavy atom. The number of aliphatic carboxylic acids is 1. The molecular weight excluding hydrogens is 174 g/mol. The Morgan fingerprint density at radius 3 is 2.25 bits per heavy atom. The van der Waals surface area contributed by atoms with E-state index in [1.807, 2.05) is 0 Å². The van der Waals surface area contributed by atoms with Crippen LogP contribution in [0.3, 0.4) is 0 Å². The number of thioether (sulfide) groups is 1. The number of nitrogens with two attached hydrogens (primary N) is 1. The van der Waals surface area contributed by atoms with Crippen LogP contribution in [0.5, 0.6) is 0 Å². The highest BCUT2D eigenvalue weighted by Crippen LogP contribution is 2.22. The van der Waals surface area contributed by atoms with Crippen LogP contribution in [0.25, 0.3) is 0 Å². The lowest BCUT2D eigenvalue weighted by Gasteiger charge is -2.16. The molecule has 0 aromatic rings. The van der Waals surface area contributed by atoms with E-state index in [4.69, 9.17) is 10.8 Å². The summed E-state index contributed by atoms with van der Waals surface area (Å²) in [5.74, 6) is -0.797. The molecule has 1 atom stereocenters. The van der Waals surface area contributed by atoms with Crippen molar-refractivity contribution in [3.8, 4) is 0 Å². The van der Waals surface area contributed by atoms with Gasteiger partial charge in [-0.05, 0) is 12.8 Å². The lowest BCUT2D eigenvalue weighted by atomic mass is 10.3. The zero-order valence-electron chi connectivity index (χ0n) is 7.62. The summed E-state index contributed by atoms with van der Waals surface area (Å²) < 4.78 is 0. The summed E-state index contributed by atoms with van der Waals surface area (Å²) in [4.78, 5) is 10.6. The number of hydrogen-bond acceptors (Lipinski definition) is 3. The van der Waals surface area contributed by atoms with E-state index in [1.54, 1.807) is 0 Å². The van der Waals surface area contributed by atoms with E-state index in [1.165, 1.54) is 11.8 Å². The lowest BCUT2D eigenvalue weighted by Crippen LogP contribution is -2.28. The van der Waals surface area contributed by atoms with Crippen LogP contribution in [-0.4, -0.2) is 28.1 Å². The largest absolute Gasteiger partial charge is 0.480 e. The molecule has 0 unspecified atom stereocenters. The van der Waals surface area contributed by atoms with Gasteiger partial charge in [-0.3, -0.25) is 4.79 Å². The molecule has 0 aromatic carbocycles. The van der Waals surface area contributed by atoms with E-state index in [0.717, 1.165) is 12.8 Å². The molecule has 4 heteroatoms. The predicted octanol–water partition coefficient (Wildman–Crippen LogP) is 1.32. The average molecular weight is 191 g/mol. The van der Waals surface area contributed by atoms with E-state index in [0.29, 0.717) is 5.25 Å². The molecule has 0 bridgehead atoms. The molecule has 0 heterocycles. The van der Waals surface area contributed by atoms with Crippen molar-refractivity contribution in [1.82, 2.24) is 0 Å². The van der Waals surface area contributed by atoms with Crippen molar-refractivity contribution in [2.24, 2.45) is 5.73 Å². The van der Waals surface area contributed by atoms with Gasteiger partial charge in [0, 0.05) is 11.8 Å². The highest BCUT2D eigenvalue weighted by atomic mass is 32.2. The van der Waals surface area contributed by atoms with E-state index < -0.39 is 11.2 Å². The SMILES string of the molecule is CCC(CC)S[C@H](CN)C(=O)O. The lowest BCUT2D eigenvalue weighted by molar-refractivity contribution is -0.136. The number of rotatable bonds is 6. The van der Waals surface area contributed by atoms with E-state index in [9.17, 15) is 4.79 Å². The Labute approximate surface area is 77.7 Å². The molecule has 72 valence electrons. The Bertz CT molecular complexity index is 137. The molecule has 0 rings (SSSR count). The van der Waals surface area contributed by atoms with Crippen LogP contribution in [-0.2, 0) is 4.79 Å². The van der Waals surface area contributed by atoms with Crippen LogP contribution in [0.15, 0.2) is 0 Å². The van der Waals surface area contributed by atoms with Crippen molar-refractivity contribution >= 4 is 17.7 Å². The molecule has 0 amide bonds. The molecule has 3 N–H and O–H groups in total. The fourth-order valence-electron chi connectivity index (χ4n) is 0.928. The highest BCUT2D eigenvalue weighted by Gasteiger charge is 2.19. The summed E-state index contributed by atoms with van der Waals surface area (Å²) in [5.41, 5.74) is 5.33. The van der Waals surface area contributed by atoms with Crippen LogP contribution in [0.1, 0.15) is 26.7 Å². The Hall–Kier alpha value is -0.220. The third kappa shape index (κ3) is 3.97. The standard InChI is InChI=1S/C8H17NO2S/c1-3-6(4-2)12-7(5-9)8(10)11/h6-7H,3-5,9H2,1-2H3,(H,10,11)/t7-/m1/s1. The minimum Gasteiger partial charge on any atom is -0.480 e. The summed E-state index contributed by atoms with van der Waals surface area (Å²) in [7, 11) is 0. The summed E-state index contributed by atoms with van der Waals surface area (Å²) in [5, 5.41) is 8.70. The monoisotopic (exact) mass is 191 g/mol. The zero-order valence-corrected chi connectivity index (χ0v) is 8.43. The average Bonchev–Trinajstić information content (AvgIpc) is 2.06. The molecule has 0 spiro atoms. The zero-order chi connectivity index (χ0) is 9.56. The highest BCUT2D eigenvalue weighted by molar-refractivity contribution is 8.01. The quantitative estimate of drug-likeness (QED) is 0.664. The molecule has 0 fully saturated rings. The van der Waals surface area contributed by atoms with Gasteiger partial charge in [0.2, 0.25) is 0 Å². The second kappa shape index (κ2) is 6.31.